The molecule has 0 saturated heterocycles. The van der Waals surface area contributed by atoms with Crippen molar-refractivity contribution in [3.05, 3.63) is 0 Å². The van der Waals surface area contributed by atoms with E-state index in [1.807, 2.05) is 0 Å². The number of carbonyl (C=O) groups excluding carboxylic acids is 2. The molecule has 18 heavy (non-hydrogen) atoms. The van der Waals surface area contributed by atoms with Crippen LogP contribution in [-0.4, -0.2) is 23.0 Å². The molecule has 4 aliphatic rings. The summed E-state index contributed by atoms with van der Waals surface area (Å²) in [5.41, 5.74) is -2.50. The highest BCUT2D eigenvalue weighted by molar-refractivity contribution is 5.86. The Kier molecular flexibility index (Phi) is 2.39. The molecule has 4 saturated carbocycles. The van der Waals surface area contributed by atoms with Crippen LogP contribution < -0.4 is 0 Å². The first-order valence-corrected chi connectivity index (χ1v) is 6.75. The zero-order valence-electron chi connectivity index (χ0n) is 10.9. The van der Waals surface area contributed by atoms with Crippen molar-refractivity contribution in [1.82, 2.24) is 0 Å². The number of ketones is 1. The van der Waals surface area contributed by atoms with Gasteiger partial charge in [-0.3, -0.25) is 4.79 Å². The Morgan fingerprint density at radius 1 is 1.28 bits per heavy atom. The highest BCUT2D eigenvalue weighted by Crippen LogP contribution is 2.55. The Morgan fingerprint density at radius 3 is 2.33 bits per heavy atom. The molecule has 2 atom stereocenters. The second kappa shape index (κ2) is 3.55. The number of carbonyl (C=O) groups is 2. The fourth-order valence-corrected chi connectivity index (χ4v) is 4.12. The summed E-state index contributed by atoms with van der Waals surface area (Å²) >= 11 is 0. The summed E-state index contributed by atoms with van der Waals surface area (Å²) in [6, 6.07) is 0. The van der Waals surface area contributed by atoms with E-state index in [0.29, 0.717) is 24.5 Å². The highest BCUT2D eigenvalue weighted by Gasteiger charge is 2.57. The molecule has 3 nitrogen and oxygen atoms in total. The minimum absolute atomic E-state index is 0.0479. The molecule has 0 aromatic rings. The predicted molar refractivity (Wildman–Crippen MR) is 62.6 cm³/mol. The molecule has 2 unspecified atom stereocenters. The van der Waals surface area contributed by atoms with Gasteiger partial charge in [0.05, 0.1) is 0 Å². The van der Waals surface area contributed by atoms with Crippen LogP contribution in [0.4, 0.5) is 4.39 Å². The van der Waals surface area contributed by atoms with E-state index in [9.17, 15) is 14.0 Å². The van der Waals surface area contributed by atoms with E-state index in [0.717, 1.165) is 19.3 Å². The van der Waals surface area contributed by atoms with Crippen molar-refractivity contribution in [2.75, 3.05) is 0 Å². The lowest BCUT2D eigenvalue weighted by atomic mass is 9.53. The van der Waals surface area contributed by atoms with Gasteiger partial charge in [-0.2, -0.15) is 0 Å². The first-order valence-electron chi connectivity index (χ1n) is 6.75. The van der Waals surface area contributed by atoms with E-state index >= 15 is 0 Å². The van der Waals surface area contributed by atoms with Gasteiger partial charge >= 0.3 is 5.97 Å². The number of rotatable bonds is 2. The largest absolute Gasteiger partial charge is 0.457 e. The van der Waals surface area contributed by atoms with Crippen LogP contribution in [0.2, 0.25) is 0 Å². The zero-order valence-corrected chi connectivity index (χ0v) is 10.9. The lowest BCUT2D eigenvalue weighted by molar-refractivity contribution is -0.197. The van der Waals surface area contributed by atoms with Gasteiger partial charge in [0.2, 0.25) is 5.67 Å². The summed E-state index contributed by atoms with van der Waals surface area (Å²) in [6.45, 7) is 2.45. The minimum atomic E-state index is -1.95. The Balaban J connectivity index is 1.81. The van der Waals surface area contributed by atoms with Crippen molar-refractivity contribution in [3.63, 3.8) is 0 Å². The van der Waals surface area contributed by atoms with E-state index in [2.05, 4.69) is 0 Å². The Hall–Kier alpha value is -0.930. The van der Waals surface area contributed by atoms with Crippen molar-refractivity contribution >= 4 is 11.8 Å². The second-order valence-corrected chi connectivity index (χ2v) is 6.79. The van der Waals surface area contributed by atoms with Crippen LogP contribution >= 0.6 is 0 Å². The average Bonchev–Trinajstić information content (AvgIpc) is 2.22. The predicted octanol–water partition coefficient (Wildman–Crippen LogP) is 2.43. The summed E-state index contributed by atoms with van der Waals surface area (Å²) in [5.74, 6) is 0.142. The van der Waals surface area contributed by atoms with Gasteiger partial charge in [-0.1, -0.05) is 0 Å². The number of ether oxygens (including phenoxy) is 1. The third kappa shape index (κ3) is 1.77. The molecule has 4 bridgehead atoms. The van der Waals surface area contributed by atoms with Crippen molar-refractivity contribution < 1.29 is 18.7 Å². The summed E-state index contributed by atoms with van der Waals surface area (Å²) < 4.78 is 19.1. The number of alkyl halides is 1. The van der Waals surface area contributed by atoms with Gasteiger partial charge in [0.25, 0.3) is 0 Å². The Morgan fingerprint density at radius 2 is 1.83 bits per heavy atom. The van der Waals surface area contributed by atoms with Gasteiger partial charge in [-0.05, 0) is 51.9 Å². The maximum absolute atomic E-state index is 13.6. The molecule has 0 spiro atoms. The molecule has 0 aromatic carbocycles. The molecule has 0 radical (unpaired) electrons. The molecular weight excluding hydrogens is 235 g/mol. The van der Waals surface area contributed by atoms with Gasteiger partial charge in [0, 0.05) is 11.8 Å². The van der Waals surface area contributed by atoms with Gasteiger partial charge in [0.1, 0.15) is 11.4 Å². The number of hydrogen-bond donors (Lipinski definition) is 0. The van der Waals surface area contributed by atoms with Crippen LogP contribution in [0, 0.1) is 17.8 Å². The quantitative estimate of drug-likeness (QED) is 0.711. The van der Waals surface area contributed by atoms with E-state index in [4.69, 9.17) is 4.74 Å². The number of esters is 1. The highest BCUT2D eigenvalue weighted by atomic mass is 19.1. The van der Waals surface area contributed by atoms with Crippen LogP contribution in [0.1, 0.15) is 46.0 Å². The molecule has 4 aliphatic carbocycles. The van der Waals surface area contributed by atoms with Crippen LogP contribution in [0.15, 0.2) is 0 Å². The minimum Gasteiger partial charge on any atom is -0.457 e. The van der Waals surface area contributed by atoms with Crippen LogP contribution in [0.5, 0.6) is 0 Å². The van der Waals surface area contributed by atoms with E-state index in [1.165, 1.54) is 13.8 Å². The van der Waals surface area contributed by atoms with Gasteiger partial charge in [-0.25, -0.2) is 9.18 Å². The van der Waals surface area contributed by atoms with Gasteiger partial charge < -0.3 is 4.74 Å². The summed E-state index contributed by atoms with van der Waals surface area (Å²) in [4.78, 5) is 23.7. The molecule has 0 amide bonds. The monoisotopic (exact) mass is 254 g/mol. The van der Waals surface area contributed by atoms with Gasteiger partial charge in [-0.15, -0.1) is 0 Å². The van der Waals surface area contributed by atoms with E-state index in [-0.39, 0.29) is 11.8 Å². The number of halogens is 1. The van der Waals surface area contributed by atoms with Crippen LogP contribution in [0.3, 0.4) is 0 Å². The second-order valence-electron chi connectivity index (χ2n) is 6.79. The topological polar surface area (TPSA) is 43.4 Å². The molecule has 100 valence electrons. The fraction of sp³-hybridized carbons (Fsp3) is 0.857. The number of hydrogen-bond acceptors (Lipinski definition) is 3. The molecule has 0 heterocycles. The SMILES string of the molecule is CC(C)(F)C(=O)OC12CC3CC(C1)C(=O)C(C3)C2. The zero-order chi connectivity index (χ0) is 13.1. The van der Waals surface area contributed by atoms with Crippen molar-refractivity contribution in [2.24, 2.45) is 17.8 Å². The summed E-state index contributed by atoms with van der Waals surface area (Å²) in [6.07, 6.45) is 3.91. The summed E-state index contributed by atoms with van der Waals surface area (Å²) in [5, 5.41) is 0. The van der Waals surface area contributed by atoms with Crippen molar-refractivity contribution in [3.8, 4) is 0 Å². The Labute approximate surface area is 106 Å². The molecule has 0 aromatic heterocycles. The average molecular weight is 254 g/mol. The van der Waals surface area contributed by atoms with Crippen LogP contribution in [0.25, 0.3) is 0 Å². The first kappa shape index (κ1) is 12.1. The van der Waals surface area contributed by atoms with Crippen molar-refractivity contribution in [2.45, 2.75) is 57.2 Å². The van der Waals surface area contributed by atoms with E-state index < -0.39 is 17.2 Å². The van der Waals surface area contributed by atoms with Crippen molar-refractivity contribution in [1.29, 1.82) is 0 Å². The molecular formula is C14H19FO3. The molecule has 0 N–H and O–H groups in total. The maximum atomic E-state index is 13.6. The summed E-state index contributed by atoms with van der Waals surface area (Å²) in [7, 11) is 0. The molecule has 4 heteroatoms. The third-order valence-corrected chi connectivity index (χ3v) is 4.73. The van der Waals surface area contributed by atoms with E-state index in [1.54, 1.807) is 0 Å². The van der Waals surface area contributed by atoms with Crippen LogP contribution in [-0.2, 0) is 14.3 Å². The standard InChI is InChI=1S/C14H19FO3/c1-13(2,15)12(17)18-14-5-8-3-9(6-14)11(16)10(4-8)7-14/h8-10H,3-7H2,1-2H3. The first-order chi connectivity index (χ1) is 8.29. The maximum Gasteiger partial charge on any atom is 0.343 e. The third-order valence-electron chi connectivity index (χ3n) is 4.73. The molecule has 0 aliphatic heterocycles. The lowest BCUT2D eigenvalue weighted by Crippen LogP contribution is -2.57. The van der Waals surface area contributed by atoms with Gasteiger partial charge in [0.15, 0.2) is 0 Å². The fourth-order valence-electron chi connectivity index (χ4n) is 4.12. The molecule has 4 fully saturated rings. The smallest absolute Gasteiger partial charge is 0.343 e. The number of Topliss-reactive ketones (excluding diaryl/α,β-unsaturated/α-hetero) is 1. The Bertz CT molecular complexity index is 392. The normalized spacial score (nSPS) is 42.2. The molecule has 4 rings (SSSR count). The lowest BCUT2D eigenvalue weighted by Gasteiger charge is -2.54.